The van der Waals surface area contributed by atoms with Crippen LogP contribution in [0.3, 0.4) is 0 Å². The van der Waals surface area contributed by atoms with Crippen molar-refractivity contribution in [3.63, 3.8) is 0 Å². The summed E-state index contributed by atoms with van der Waals surface area (Å²) < 4.78 is 7.19. The number of halogens is 2. The molecule has 2 aromatic rings. The normalized spacial score (nSPS) is 12.9. The molecule has 0 unspecified atom stereocenters. The molecule has 0 aliphatic carbocycles. The summed E-state index contributed by atoms with van der Waals surface area (Å²) in [6, 6.07) is 11.2. The SMILES string of the molecule is O=C(c1ccc2c(c1)CCO2)c1ccc(Br)cc1Br. The number of fused-ring (bicyclic) bond motifs is 1. The van der Waals surface area contributed by atoms with Gasteiger partial charge in [0.2, 0.25) is 0 Å². The summed E-state index contributed by atoms with van der Waals surface area (Å²) in [5, 5.41) is 0. The smallest absolute Gasteiger partial charge is 0.194 e. The maximum absolute atomic E-state index is 12.5. The van der Waals surface area contributed by atoms with Gasteiger partial charge in [-0.25, -0.2) is 0 Å². The van der Waals surface area contributed by atoms with Gasteiger partial charge < -0.3 is 4.74 Å². The molecule has 0 saturated carbocycles. The van der Waals surface area contributed by atoms with Gasteiger partial charge in [-0.1, -0.05) is 15.9 Å². The third kappa shape index (κ3) is 2.47. The first-order valence-electron chi connectivity index (χ1n) is 5.90. The van der Waals surface area contributed by atoms with E-state index in [1.165, 1.54) is 0 Å². The van der Waals surface area contributed by atoms with E-state index in [4.69, 9.17) is 4.74 Å². The Bertz CT molecular complexity index is 665. The predicted octanol–water partition coefficient (Wildman–Crippen LogP) is 4.38. The maximum atomic E-state index is 12.5. The van der Waals surface area contributed by atoms with Crippen molar-refractivity contribution in [2.24, 2.45) is 0 Å². The molecule has 3 rings (SSSR count). The van der Waals surface area contributed by atoms with Gasteiger partial charge in [-0.2, -0.15) is 0 Å². The van der Waals surface area contributed by atoms with E-state index >= 15 is 0 Å². The highest BCUT2D eigenvalue weighted by Gasteiger charge is 2.17. The zero-order valence-corrected chi connectivity index (χ0v) is 13.1. The average Bonchev–Trinajstić information content (AvgIpc) is 2.85. The van der Waals surface area contributed by atoms with Crippen molar-refractivity contribution in [3.8, 4) is 5.75 Å². The standard InChI is InChI=1S/C15H10Br2O2/c16-11-2-3-12(13(17)8-11)15(18)10-1-4-14-9(7-10)5-6-19-14/h1-4,7-8H,5-6H2. The molecule has 0 saturated heterocycles. The highest BCUT2D eigenvalue weighted by Crippen LogP contribution is 2.29. The van der Waals surface area contributed by atoms with Gasteiger partial charge in [-0.3, -0.25) is 4.79 Å². The van der Waals surface area contributed by atoms with E-state index in [9.17, 15) is 4.79 Å². The molecule has 4 heteroatoms. The molecule has 19 heavy (non-hydrogen) atoms. The van der Waals surface area contributed by atoms with E-state index in [1.807, 2.05) is 36.4 Å². The Kier molecular flexibility index (Phi) is 3.46. The van der Waals surface area contributed by atoms with E-state index in [0.29, 0.717) is 17.7 Å². The predicted molar refractivity (Wildman–Crippen MR) is 80.9 cm³/mol. The van der Waals surface area contributed by atoms with Crippen LogP contribution in [0.2, 0.25) is 0 Å². The van der Waals surface area contributed by atoms with Crippen molar-refractivity contribution >= 4 is 37.6 Å². The monoisotopic (exact) mass is 380 g/mol. The molecule has 0 amide bonds. The van der Waals surface area contributed by atoms with Gasteiger partial charge >= 0.3 is 0 Å². The van der Waals surface area contributed by atoms with E-state index in [0.717, 1.165) is 26.7 Å². The van der Waals surface area contributed by atoms with Crippen LogP contribution in [0, 0.1) is 0 Å². The maximum Gasteiger partial charge on any atom is 0.194 e. The minimum Gasteiger partial charge on any atom is -0.493 e. The molecular formula is C15H10Br2O2. The fourth-order valence-corrected chi connectivity index (χ4v) is 3.38. The largest absolute Gasteiger partial charge is 0.493 e. The highest BCUT2D eigenvalue weighted by molar-refractivity contribution is 9.11. The van der Waals surface area contributed by atoms with Gasteiger partial charge in [-0.15, -0.1) is 0 Å². The van der Waals surface area contributed by atoms with E-state index < -0.39 is 0 Å². The second-order valence-corrected chi connectivity index (χ2v) is 6.14. The lowest BCUT2D eigenvalue weighted by Gasteiger charge is -2.06. The number of benzene rings is 2. The Balaban J connectivity index is 2.00. The third-order valence-corrected chi connectivity index (χ3v) is 4.28. The van der Waals surface area contributed by atoms with Crippen molar-refractivity contribution in [2.45, 2.75) is 6.42 Å². The lowest BCUT2D eigenvalue weighted by Crippen LogP contribution is -2.02. The summed E-state index contributed by atoms with van der Waals surface area (Å²) in [4.78, 5) is 12.5. The van der Waals surface area contributed by atoms with Crippen LogP contribution in [0.25, 0.3) is 0 Å². The van der Waals surface area contributed by atoms with Crippen LogP contribution < -0.4 is 4.74 Å². The molecule has 1 aliphatic heterocycles. The first-order chi connectivity index (χ1) is 9.15. The zero-order valence-electron chi connectivity index (χ0n) is 9.95. The molecule has 0 bridgehead atoms. The summed E-state index contributed by atoms with van der Waals surface area (Å²) >= 11 is 6.82. The Hall–Kier alpha value is -1.13. The minimum atomic E-state index is 0.0223. The van der Waals surface area contributed by atoms with Crippen molar-refractivity contribution in [1.82, 2.24) is 0 Å². The van der Waals surface area contributed by atoms with Crippen molar-refractivity contribution in [3.05, 3.63) is 62.0 Å². The van der Waals surface area contributed by atoms with Crippen LogP contribution in [-0.2, 0) is 6.42 Å². The number of carbonyl (C=O) groups excluding carboxylic acids is 1. The minimum absolute atomic E-state index is 0.0223. The van der Waals surface area contributed by atoms with Gasteiger partial charge in [0.25, 0.3) is 0 Å². The molecule has 1 aliphatic rings. The van der Waals surface area contributed by atoms with E-state index in [-0.39, 0.29) is 5.78 Å². The molecule has 1 heterocycles. The molecule has 0 spiro atoms. The van der Waals surface area contributed by atoms with Crippen LogP contribution in [0.4, 0.5) is 0 Å². The number of hydrogen-bond acceptors (Lipinski definition) is 2. The highest BCUT2D eigenvalue weighted by atomic mass is 79.9. The van der Waals surface area contributed by atoms with Crippen LogP contribution >= 0.6 is 31.9 Å². The lowest BCUT2D eigenvalue weighted by atomic mass is 10.0. The van der Waals surface area contributed by atoms with Crippen LogP contribution in [0.1, 0.15) is 21.5 Å². The Morgan fingerprint density at radius 1 is 1.11 bits per heavy atom. The summed E-state index contributed by atoms with van der Waals surface area (Å²) in [7, 11) is 0. The number of ether oxygens (including phenoxy) is 1. The molecule has 2 aromatic carbocycles. The molecule has 0 radical (unpaired) electrons. The van der Waals surface area contributed by atoms with E-state index in [1.54, 1.807) is 0 Å². The molecule has 96 valence electrons. The average molecular weight is 382 g/mol. The van der Waals surface area contributed by atoms with Gasteiger partial charge in [0.1, 0.15) is 5.75 Å². The molecular weight excluding hydrogens is 372 g/mol. The Morgan fingerprint density at radius 2 is 1.95 bits per heavy atom. The van der Waals surface area contributed by atoms with Gasteiger partial charge in [-0.05, 0) is 57.9 Å². The van der Waals surface area contributed by atoms with Crippen molar-refractivity contribution < 1.29 is 9.53 Å². The van der Waals surface area contributed by atoms with Crippen molar-refractivity contribution in [2.75, 3.05) is 6.61 Å². The number of carbonyl (C=O) groups is 1. The van der Waals surface area contributed by atoms with Crippen LogP contribution in [0.5, 0.6) is 5.75 Å². The molecule has 0 atom stereocenters. The number of ketones is 1. The number of rotatable bonds is 2. The second kappa shape index (κ2) is 5.10. The Labute approximate surface area is 128 Å². The van der Waals surface area contributed by atoms with Gasteiger partial charge in [0.05, 0.1) is 6.61 Å². The van der Waals surface area contributed by atoms with Gasteiger partial charge in [0, 0.05) is 26.5 Å². The molecule has 0 fully saturated rings. The second-order valence-electron chi connectivity index (χ2n) is 4.37. The van der Waals surface area contributed by atoms with E-state index in [2.05, 4.69) is 31.9 Å². The summed E-state index contributed by atoms with van der Waals surface area (Å²) in [6.45, 7) is 0.703. The number of hydrogen-bond donors (Lipinski definition) is 0. The molecule has 0 aromatic heterocycles. The molecule has 2 nitrogen and oxygen atoms in total. The summed E-state index contributed by atoms with van der Waals surface area (Å²) in [5.74, 6) is 0.917. The van der Waals surface area contributed by atoms with Crippen molar-refractivity contribution in [1.29, 1.82) is 0 Å². The summed E-state index contributed by atoms with van der Waals surface area (Å²) in [5.41, 5.74) is 2.48. The summed E-state index contributed by atoms with van der Waals surface area (Å²) in [6.07, 6.45) is 0.873. The van der Waals surface area contributed by atoms with Crippen LogP contribution in [0.15, 0.2) is 45.3 Å². The lowest BCUT2D eigenvalue weighted by molar-refractivity contribution is 0.103. The molecule has 0 N–H and O–H groups in total. The van der Waals surface area contributed by atoms with Crippen LogP contribution in [-0.4, -0.2) is 12.4 Å². The van der Waals surface area contributed by atoms with Gasteiger partial charge in [0.15, 0.2) is 5.78 Å². The quantitative estimate of drug-likeness (QED) is 0.721. The fraction of sp³-hybridized carbons (Fsp3) is 0.133. The zero-order chi connectivity index (χ0) is 13.4. The topological polar surface area (TPSA) is 26.3 Å². The fourth-order valence-electron chi connectivity index (χ4n) is 2.16. The first-order valence-corrected chi connectivity index (χ1v) is 7.49. The third-order valence-electron chi connectivity index (χ3n) is 3.13. The Morgan fingerprint density at radius 3 is 2.74 bits per heavy atom. The first kappa shape index (κ1) is 12.9.